The van der Waals surface area contributed by atoms with Gasteiger partial charge in [0.05, 0.1) is 0 Å². The van der Waals surface area contributed by atoms with Gasteiger partial charge in [-0.2, -0.15) is 0 Å². The Morgan fingerprint density at radius 3 is 1.63 bits per heavy atom. The van der Waals surface area contributed by atoms with Gasteiger partial charge in [0, 0.05) is 22.1 Å². The van der Waals surface area contributed by atoms with Gasteiger partial charge in [0.1, 0.15) is 0 Å². The Kier molecular flexibility index (Phi) is 5.80. The van der Waals surface area contributed by atoms with Crippen molar-refractivity contribution in [3.05, 3.63) is 151 Å². The molecule has 0 spiro atoms. The molecular weight excluding hydrogens is 522 g/mol. The zero-order valence-electron chi connectivity index (χ0n) is 24.1. The molecule has 1 aromatic heterocycles. The van der Waals surface area contributed by atoms with Crippen molar-refractivity contribution in [2.75, 3.05) is 0 Å². The number of hydrogen-bond donors (Lipinski definition) is 0. The van der Waals surface area contributed by atoms with Gasteiger partial charge in [0.15, 0.2) is 17.5 Å². The highest BCUT2D eigenvalue weighted by Gasteiger charge is 2.36. The van der Waals surface area contributed by atoms with Gasteiger partial charge in [0.25, 0.3) is 0 Å². The fourth-order valence-corrected chi connectivity index (χ4v) is 6.46. The average molecular weight is 552 g/mol. The molecule has 6 aromatic carbocycles. The molecule has 1 aliphatic carbocycles. The van der Waals surface area contributed by atoms with E-state index >= 15 is 0 Å². The molecule has 7 aromatic rings. The van der Waals surface area contributed by atoms with Gasteiger partial charge in [0.2, 0.25) is 0 Å². The minimum atomic E-state index is -0.0253. The van der Waals surface area contributed by atoms with Gasteiger partial charge in [-0.15, -0.1) is 0 Å². The van der Waals surface area contributed by atoms with Crippen LogP contribution in [0.5, 0.6) is 0 Å². The van der Waals surface area contributed by atoms with Crippen molar-refractivity contribution < 1.29 is 0 Å². The first-order chi connectivity index (χ1) is 21.1. The molecule has 1 heterocycles. The van der Waals surface area contributed by atoms with Crippen molar-refractivity contribution in [2.24, 2.45) is 0 Å². The predicted molar refractivity (Wildman–Crippen MR) is 177 cm³/mol. The predicted octanol–water partition coefficient (Wildman–Crippen LogP) is 10.00. The van der Waals surface area contributed by atoms with E-state index in [-0.39, 0.29) is 5.41 Å². The van der Waals surface area contributed by atoms with Crippen LogP contribution in [0.1, 0.15) is 25.0 Å². The van der Waals surface area contributed by atoms with Crippen LogP contribution >= 0.6 is 0 Å². The molecule has 1 aliphatic rings. The quantitative estimate of drug-likeness (QED) is 0.218. The molecule has 0 unspecified atom stereocenters. The van der Waals surface area contributed by atoms with E-state index < -0.39 is 0 Å². The lowest BCUT2D eigenvalue weighted by atomic mass is 9.82. The molecule has 0 N–H and O–H groups in total. The number of fused-ring (bicyclic) bond motifs is 5. The summed E-state index contributed by atoms with van der Waals surface area (Å²) in [6, 6.07) is 48.9. The minimum absolute atomic E-state index is 0.0253. The largest absolute Gasteiger partial charge is 0.208 e. The Morgan fingerprint density at radius 1 is 0.419 bits per heavy atom. The fourth-order valence-electron chi connectivity index (χ4n) is 6.46. The SMILES string of the molecule is CC1(C)c2ccccc2-c2c1ccc1cc(-c3nc(-c4ccccc4)nc(-c4ccc(-c5ccccc5)cc4)n3)ccc21. The third kappa shape index (κ3) is 4.24. The maximum absolute atomic E-state index is 5.02. The van der Waals surface area contributed by atoms with E-state index in [0.29, 0.717) is 17.5 Å². The second-order valence-corrected chi connectivity index (χ2v) is 11.7. The summed E-state index contributed by atoms with van der Waals surface area (Å²) in [4.78, 5) is 14.9. The third-order valence-corrected chi connectivity index (χ3v) is 8.74. The molecule has 8 rings (SSSR count). The van der Waals surface area contributed by atoms with Crippen LogP contribution in [0.2, 0.25) is 0 Å². The molecule has 0 fully saturated rings. The second-order valence-electron chi connectivity index (χ2n) is 11.7. The van der Waals surface area contributed by atoms with Gasteiger partial charge in [-0.1, -0.05) is 147 Å². The van der Waals surface area contributed by atoms with Gasteiger partial charge in [-0.05, 0) is 50.2 Å². The Balaban J connectivity index is 1.26. The van der Waals surface area contributed by atoms with Crippen LogP contribution in [0.4, 0.5) is 0 Å². The lowest BCUT2D eigenvalue weighted by Crippen LogP contribution is -2.14. The van der Waals surface area contributed by atoms with Gasteiger partial charge < -0.3 is 0 Å². The molecule has 0 aliphatic heterocycles. The van der Waals surface area contributed by atoms with Crippen LogP contribution in [-0.4, -0.2) is 15.0 Å². The van der Waals surface area contributed by atoms with Crippen molar-refractivity contribution in [3.63, 3.8) is 0 Å². The molecule has 0 radical (unpaired) electrons. The normalized spacial score (nSPS) is 13.1. The summed E-state index contributed by atoms with van der Waals surface area (Å²) < 4.78 is 0. The first kappa shape index (κ1) is 25.3. The molecule has 3 nitrogen and oxygen atoms in total. The zero-order chi connectivity index (χ0) is 29.0. The van der Waals surface area contributed by atoms with Crippen LogP contribution in [0.3, 0.4) is 0 Å². The first-order valence-corrected chi connectivity index (χ1v) is 14.7. The Bertz CT molecular complexity index is 2130. The summed E-state index contributed by atoms with van der Waals surface area (Å²) in [5.41, 5.74) is 10.6. The van der Waals surface area contributed by atoms with Crippen molar-refractivity contribution in [1.82, 2.24) is 15.0 Å². The fraction of sp³-hybridized carbons (Fsp3) is 0.0750. The highest BCUT2D eigenvalue weighted by Crippen LogP contribution is 2.51. The van der Waals surface area contributed by atoms with E-state index in [1.54, 1.807) is 0 Å². The molecule has 0 atom stereocenters. The molecule has 204 valence electrons. The van der Waals surface area contributed by atoms with Crippen LogP contribution < -0.4 is 0 Å². The summed E-state index contributed by atoms with van der Waals surface area (Å²) in [5.74, 6) is 1.99. The molecule has 0 saturated carbocycles. The summed E-state index contributed by atoms with van der Waals surface area (Å²) in [6.07, 6.45) is 0. The Morgan fingerprint density at radius 2 is 0.930 bits per heavy atom. The summed E-state index contributed by atoms with van der Waals surface area (Å²) >= 11 is 0. The van der Waals surface area contributed by atoms with Crippen LogP contribution in [0.15, 0.2) is 140 Å². The number of rotatable bonds is 4. The number of aromatic nitrogens is 3. The average Bonchev–Trinajstić information content (AvgIpc) is 3.31. The molecule has 0 amide bonds. The summed E-state index contributed by atoms with van der Waals surface area (Å²) in [6.45, 7) is 4.64. The number of benzene rings is 6. The Hall–Kier alpha value is -5.41. The third-order valence-electron chi connectivity index (χ3n) is 8.74. The first-order valence-electron chi connectivity index (χ1n) is 14.7. The second kappa shape index (κ2) is 9.85. The lowest BCUT2D eigenvalue weighted by Gasteiger charge is -2.21. The van der Waals surface area contributed by atoms with E-state index in [9.17, 15) is 0 Å². The van der Waals surface area contributed by atoms with E-state index in [4.69, 9.17) is 15.0 Å². The number of nitrogens with zero attached hydrogens (tertiary/aromatic N) is 3. The molecule has 43 heavy (non-hydrogen) atoms. The minimum Gasteiger partial charge on any atom is -0.208 e. The van der Waals surface area contributed by atoms with Crippen molar-refractivity contribution in [1.29, 1.82) is 0 Å². The smallest absolute Gasteiger partial charge is 0.164 e. The van der Waals surface area contributed by atoms with Crippen molar-refractivity contribution in [2.45, 2.75) is 19.3 Å². The lowest BCUT2D eigenvalue weighted by molar-refractivity contribution is 0.661. The van der Waals surface area contributed by atoms with Gasteiger partial charge >= 0.3 is 0 Å². The van der Waals surface area contributed by atoms with Gasteiger partial charge in [-0.3, -0.25) is 0 Å². The maximum Gasteiger partial charge on any atom is 0.164 e. The van der Waals surface area contributed by atoms with E-state index in [0.717, 1.165) is 22.3 Å². The van der Waals surface area contributed by atoms with Crippen LogP contribution in [0.25, 0.3) is 67.2 Å². The van der Waals surface area contributed by atoms with E-state index in [2.05, 4.69) is 117 Å². The molecule has 0 saturated heterocycles. The van der Waals surface area contributed by atoms with E-state index in [1.807, 2.05) is 36.4 Å². The standard InChI is InChI=1S/C40H29N3/c1-40(2)34-16-10-9-15-33(34)36-32-23-21-31(25-30(32)22-24-35(36)40)39-42-37(28-13-7-4-8-14-28)41-38(43-39)29-19-17-27(18-20-29)26-11-5-3-6-12-26/h3-25H,1-2H3. The monoisotopic (exact) mass is 551 g/mol. The van der Waals surface area contributed by atoms with Crippen LogP contribution in [0, 0.1) is 0 Å². The maximum atomic E-state index is 5.02. The van der Waals surface area contributed by atoms with Crippen molar-refractivity contribution in [3.8, 4) is 56.4 Å². The van der Waals surface area contributed by atoms with Gasteiger partial charge in [-0.25, -0.2) is 15.0 Å². The topological polar surface area (TPSA) is 38.7 Å². The van der Waals surface area contributed by atoms with Crippen molar-refractivity contribution >= 4 is 10.8 Å². The van der Waals surface area contributed by atoms with E-state index in [1.165, 1.54) is 38.6 Å². The Labute approximate surface area is 251 Å². The summed E-state index contributed by atoms with van der Waals surface area (Å²) in [7, 11) is 0. The summed E-state index contributed by atoms with van der Waals surface area (Å²) in [5, 5.41) is 2.44. The highest BCUT2D eigenvalue weighted by atomic mass is 15.0. The zero-order valence-corrected chi connectivity index (χ0v) is 24.1. The molecule has 3 heteroatoms. The molecule has 0 bridgehead atoms. The van der Waals surface area contributed by atoms with Crippen LogP contribution in [-0.2, 0) is 5.41 Å². The molecular formula is C40H29N3. The highest BCUT2D eigenvalue weighted by molar-refractivity contribution is 6.03. The number of hydrogen-bond acceptors (Lipinski definition) is 3.